The zero-order valence-corrected chi connectivity index (χ0v) is 19.8. The van der Waals surface area contributed by atoms with E-state index >= 15 is 0 Å². The van der Waals surface area contributed by atoms with Gasteiger partial charge in [0.2, 0.25) is 5.91 Å². The number of nitrogens with zero attached hydrogens (tertiary/aromatic N) is 4. The number of fused-ring (bicyclic) bond motifs is 1. The summed E-state index contributed by atoms with van der Waals surface area (Å²) in [7, 11) is -1.20. The topological polar surface area (TPSA) is 92.6 Å². The van der Waals surface area contributed by atoms with Crippen LogP contribution in [0.15, 0.2) is 9.95 Å². The first kappa shape index (κ1) is 21.8. The summed E-state index contributed by atoms with van der Waals surface area (Å²) in [6.45, 7) is 6.53. The summed E-state index contributed by atoms with van der Waals surface area (Å²) < 4.78 is 24.9. The van der Waals surface area contributed by atoms with Crippen LogP contribution in [0.25, 0.3) is 10.2 Å². The Morgan fingerprint density at radius 3 is 2.57 bits per heavy atom. The van der Waals surface area contributed by atoms with Gasteiger partial charge < -0.3 is 4.90 Å². The second kappa shape index (κ2) is 8.25. The lowest BCUT2D eigenvalue weighted by molar-refractivity contribution is -0.130. The van der Waals surface area contributed by atoms with Crippen molar-refractivity contribution in [3.8, 4) is 0 Å². The van der Waals surface area contributed by atoms with Crippen molar-refractivity contribution < 1.29 is 13.2 Å². The van der Waals surface area contributed by atoms with Crippen LogP contribution in [0.5, 0.6) is 0 Å². The number of thiophene rings is 1. The fourth-order valence-electron chi connectivity index (χ4n) is 4.10. The Bertz CT molecular complexity index is 1150. The fourth-order valence-corrected chi connectivity index (χ4v) is 7.81. The van der Waals surface area contributed by atoms with Gasteiger partial charge in [-0.05, 0) is 25.8 Å². The van der Waals surface area contributed by atoms with E-state index in [-0.39, 0.29) is 34.8 Å². The van der Waals surface area contributed by atoms with Crippen molar-refractivity contribution in [2.24, 2.45) is 7.05 Å². The number of thioether (sulfide) groups is 1. The maximum Gasteiger partial charge on any atom is 0.262 e. The van der Waals surface area contributed by atoms with Gasteiger partial charge in [-0.25, -0.2) is 13.4 Å². The molecular formula is C19H26N4O4S3. The van der Waals surface area contributed by atoms with Gasteiger partial charge in [-0.15, -0.1) is 11.3 Å². The third-order valence-electron chi connectivity index (χ3n) is 6.09. The quantitative estimate of drug-likeness (QED) is 0.487. The molecule has 11 heteroatoms. The van der Waals surface area contributed by atoms with Crippen LogP contribution in [0.4, 0.5) is 0 Å². The summed E-state index contributed by atoms with van der Waals surface area (Å²) in [6.07, 6.45) is 0.690. The number of aryl methyl sites for hydroxylation is 2. The molecule has 2 saturated heterocycles. The van der Waals surface area contributed by atoms with Gasteiger partial charge in [0, 0.05) is 44.1 Å². The zero-order chi connectivity index (χ0) is 21.6. The van der Waals surface area contributed by atoms with Crippen LogP contribution in [0.1, 0.15) is 16.9 Å². The Hall–Kier alpha value is -1.43. The minimum Gasteiger partial charge on any atom is -0.339 e. The van der Waals surface area contributed by atoms with E-state index in [9.17, 15) is 18.0 Å². The number of sulfone groups is 1. The number of amides is 1. The van der Waals surface area contributed by atoms with E-state index in [1.54, 1.807) is 7.05 Å². The average molecular weight is 471 g/mol. The van der Waals surface area contributed by atoms with Gasteiger partial charge in [0.05, 0.1) is 22.6 Å². The molecule has 1 amide bonds. The molecule has 8 nitrogen and oxygen atoms in total. The molecule has 2 aliphatic rings. The third-order valence-corrected chi connectivity index (χ3v) is 9.95. The Morgan fingerprint density at radius 1 is 1.23 bits per heavy atom. The summed E-state index contributed by atoms with van der Waals surface area (Å²) >= 11 is 2.80. The molecule has 0 aliphatic carbocycles. The maximum atomic E-state index is 12.7. The van der Waals surface area contributed by atoms with Crippen LogP contribution in [-0.2, 0) is 21.7 Å². The first-order chi connectivity index (χ1) is 14.2. The molecule has 2 aromatic heterocycles. The highest BCUT2D eigenvalue weighted by Gasteiger charge is 2.34. The summed E-state index contributed by atoms with van der Waals surface area (Å²) in [5.74, 6) is 0.756. The molecule has 1 atom stereocenters. The average Bonchev–Trinajstić information content (AvgIpc) is 3.22. The van der Waals surface area contributed by atoms with Crippen molar-refractivity contribution in [3.63, 3.8) is 0 Å². The van der Waals surface area contributed by atoms with Gasteiger partial charge in [0.1, 0.15) is 4.83 Å². The molecule has 0 bridgehead atoms. The van der Waals surface area contributed by atoms with Crippen molar-refractivity contribution in [1.29, 1.82) is 0 Å². The highest BCUT2D eigenvalue weighted by atomic mass is 32.2. The second-order valence-electron chi connectivity index (χ2n) is 7.98. The third kappa shape index (κ3) is 4.17. The fraction of sp³-hybridized carbons (Fsp3) is 0.632. The number of aromatic nitrogens is 2. The lowest BCUT2D eigenvalue weighted by atomic mass is 10.2. The summed E-state index contributed by atoms with van der Waals surface area (Å²) in [6, 6.07) is 0.0878. The van der Waals surface area contributed by atoms with Crippen LogP contribution in [0.3, 0.4) is 0 Å². The van der Waals surface area contributed by atoms with Gasteiger partial charge in [-0.1, -0.05) is 11.8 Å². The smallest absolute Gasteiger partial charge is 0.262 e. The molecular weight excluding hydrogens is 444 g/mol. The maximum absolute atomic E-state index is 12.7. The van der Waals surface area contributed by atoms with E-state index in [1.807, 2.05) is 18.7 Å². The molecule has 0 radical (unpaired) electrons. The molecule has 0 unspecified atom stereocenters. The Labute approximate surface area is 184 Å². The van der Waals surface area contributed by atoms with Crippen molar-refractivity contribution in [1.82, 2.24) is 19.4 Å². The predicted molar refractivity (Wildman–Crippen MR) is 120 cm³/mol. The van der Waals surface area contributed by atoms with E-state index in [1.165, 1.54) is 27.7 Å². The largest absolute Gasteiger partial charge is 0.339 e. The number of carbonyl (C=O) groups excluding carboxylic acids is 1. The SMILES string of the molecule is Cc1sc2nc(SCC(=O)N3CCN([C@H]4CCS(=O)(=O)C4)CC3)n(C)c(=O)c2c1C. The van der Waals surface area contributed by atoms with E-state index in [4.69, 9.17) is 0 Å². The van der Waals surface area contributed by atoms with E-state index in [0.29, 0.717) is 43.1 Å². The number of rotatable bonds is 4. The normalized spacial score (nSPS) is 22.1. The molecule has 4 rings (SSSR count). The summed E-state index contributed by atoms with van der Waals surface area (Å²) in [5.41, 5.74) is 0.903. The number of carbonyl (C=O) groups is 1. The lowest BCUT2D eigenvalue weighted by Crippen LogP contribution is -2.52. The van der Waals surface area contributed by atoms with Crippen LogP contribution < -0.4 is 5.56 Å². The molecule has 0 saturated carbocycles. The minimum atomic E-state index is -2.90. The minimum absolute atomic E-state index is 0.0200. The first-order valence-corrected chi connectivity index (χ1v) is 13.6. The molecule has 0 spiro atoms. The van der Waals surface area contributed by atoms with Crippen molar-refractivity contribution in [2.75, 3.05) is 43.4 Å². The van der Waals surface area contributed by atoms with Crippen LogP contribution >= 0.6 is 23.1 Å². The Kier molecular flexibility index (Phi) is 5.99. The highest BCUT2D eigenvalue weighted by Crippen LogP contribution is 2.28. The molecule has 0 N–H and O–H groups in total. The van der Waals surface area contributed by atoms with Crippen molar-refractivity contribution in [3.05, 3.63) is 20.8 Å². The van der Waals surface area contributed by atoms with Crippen LogP contribution in [-0.4, -0.2) is 83.2 Å². The van der Waals surface area contributed by atoms with E-state index in [0.717, 1.165) is 15.3 Å². The standard InChI is InChI=1S/C19H26N4O4S3/c1-12-13(2)29-17-16(12)18(25)21(3)19(20-17)28-10-15(24)23-7-5-22(6-8-23)14-4-9-30(26,27)11-14/h14H,4-11H2,1-3H3/t14-/m0/s1. The molecule has 2 aromatic rings. The first-order valence-electron chi connectivity index (χ1n) is 9.98. The molecule has 2 aliphatic heterocycles. The Balaban J connectivity index is 1.37. The van der Waals surface area contributed by atoms with Crippen LogP contribution in [0, 0.1) is 13.8 Å². The highest BCUT2D eigenvalue weighted by molar-refractivity contribution is 7.99. The molecule has 2 fully saturated rings. The molecule has 164 valence electrons. The van der Waals surface area contributed by atoms with Gasteiger partial charge in [-0.2, -0.15) is 0 Å². The van der Waals surface area contributed by atoms with Crippen molar-refractivity contribution >= 4 is 49.1 Å². The van der Waals surface area contributed by atoms with Gasteiger partial charge >= 0.3 is 0 Å². The Morgan fingerprint density at radius 2 is 1.93 bits per heavy atom. The molecule has 30 heavy (non-hydrogen) atoms. The molecule has 0 aromatic carbocycles. The second-order valence-corrected chi connectivity index (χ2v) is 12.4. The number of hydrogen-bond donors (Lipinski definition) is 0. The van der Waals surface area contributed by atoms with Gasteiger partial charge in [0.15, 0.2) is 15.0 Å². The monoisotopic (exact) mass is 470 g/mol. The number of piperazine rings is 1. The number of hydrogen-bond acceptors (Lipinski definition) is 8. The molecule has 4 heterocycles. The van der Waals surface area contributed by atoms with Gasteiger partial charge in [-0.3, -0.25) is 19.1 Å². The van der Waals surface area contributed by atoms with E-state index < -0.39 is 9.84 Å². The van der Waals surface area contributed by atoms with E-state index in [2.05, 4.69) is 9.88 Å². The zero-order valence-electron chi connectivity index (χ0n) is 17.4. The predicted octanol–water partition coefficient (Wildman–Crippen LogP) is 1.04. The summed E-state index contributed by atoms with van der Waals surface area (Å²) in [4.78, 5) is 35.9. The summed E-state index contributed by atoms with van der Waals surface area (Å²) in [5, 5.41) is 1.22. The van der Waals surface area contributed by atoms with Crippen molar-refractivity contribution in [2.45, 2.75) is 31.5 Å². The van der Waals surface area contributed by atoms with Gasteiger partial charge in [0.25, 0.3) is 5.56 Å². The lowest BCUT2D eigenvalue weighted by Gasteiger charge is -2.37. The van der Waals surface area contributed by atoms with Crippen LogP contribution in [0.2, 0.25) is 0 Å².